The van der Waals surface area contributed by atoms with Gasteiger partial charge in [0.15, 0.2) is 11.5 Å². The maximum absolute atomic E-state index is 12.0. The summed E-state index contributed by atoms with van der Waals surface area (Å²) in [6, 6.07) is 12.5. The first-order valence-corrected chi connectivity index (χ1v) is 8.74. The molecule has 0 aliphatic carbocycles. The van der Waals surface area contributed by atoms with Crippen LogP contribution in [0.15, 0.2) is 53.1 Å². The molecule has 2 aromatic carbocycles. The number of carbonyl (C=O) groups is 1. The lowest BCUT2D eigenvalue weighted by molar-refractivity contribution is -0.116. The molecule has 0 saturated heterocycles. The Labute approximate surface area is 166 Å². The van der Waals surface area contributed by atoms with Crippen molar-refractivity contribution in [2.24, 2.45) is 0 Å². The third-order valence-electron chi connectivity index (χ3n) is 3.83. The van der Waals surface area contributed by atoms with E-state index in [0.29, 0.717) is 27.9 Å². The molecule has 0 bridgehead atoms. The fourth-order valence-electron chi connectivity index (χ4n) is 2.43. The van der Waals surface area contributed by atoms with Crippen LogP contribution in [-0.2, 0) is 11.3 Å². The third-order valence-corrected chi connectivity index (χ3v) is 4.16. The van der Waals surface area contributed by atoms with E-state index in [1.807, 2.05) is 18.2 Å². The van der Waals surface area contributed by atoms with Gasteiger partial charge in [0, 0.05) is 11.6 Å². The van der Waals surface area contributed by atoms with Crippen LogP contribution in [0.3, 0.4) is 0 Å². The van der Waals surface area contributed by atoms with Gasteiger partial charge in [-0.1, -0.05) is 35.0 Å². The van der Waals surface area contributed by atoms with Crippen LogP contribution in [0.5, 0.6) is 11.5 Å². The molecule has 0 unspecified atom stereocenters. The fourth-order valence-corrected chi connectivity index (χ4v) is 2.65. The summed E-state index contributed by atoms with van der Waals surface area (Å²) < 4.78 is 15.6. The van der Waals surface area contributed by atoms with E-state index in [0.717, 1.165) is 5.56 Å². The van der Waals surface area contributed by atoms with Crippen molar-refractivity contribution < 1.29 is 18.8 Å². The monoisotopic (exact) mass is 399 g/mol. The molecular weight excluding hydrogens is 382 g/mol. The number of ether oxygens (including phenoxy) is 2. The Morgan fingerprint density at radius 1 is 1.18 bits per heavy atom. The minimum atomic E-state index is -0.299. The van der Waals surface area contributed by atoms with Crippen molar-refractivity contribution in [1.29, 1.82) is 0 Å². The zero-order valence-corrected chi connectivity index (χ0v) is 16.1. The minimum absolute atomic E-state index is 0.104. The van der Waals surface area contributed by atoms with Gasteiger partial charge in [-0.25, -0.2) is 0 Å². The number of rotatable bonds is 7. The number of nitrogens with one attached hydrogen (secondary N) is 1. The lowest BCUT2D eigenvalue weighted by Crippen LogP contribution is -2.20. The van der Waals surface area contributed by atoms with E-state index in [4.69, 9.17) is 25.6 Å². The molecule has 28 heavy (non-hydrogen) atoms. The Bertz CT molecular complexity index is 1000. The lowest BCUT2D eigenvalue weighted by Gasteiger charge is -2.07. The van der Waals surface area contributed by atoms with Crippen LogP contribution in [-0.4, -0.2) is 30.3 Å². The second kappa shape index (κ2) is 9.05. The summed E-state index contributed by atoms with van der Waals surface area (Å²) in [5, 5.41) is 7.10. The highest BCUT2D eigenvalue weighted by atomic mass is 35.5. The van der Waals surface area contributed by atoms with E-state index in [9.17, 15) is 4.79 Å². The SMILES string of the molecule is COc1ccc(/C=C/C(=O)NCc2nc(-c3ccccc3Cl)no2)cc1OC. The number of carbonyl (C=O) groups excluding carboxylic acids is 1. The van der Waals surface area contributed by atoms with Crippen LogP contribution in [0.4, 0.5) is 0 Å². The summed E-state index contributed by atoms with van der Waals surface area (Å²) in [6.07, 6.45) is 3.08. The summed E-state index contributed by atoms with van der Waals surface area (Å²) in [6.45, 7) is 0.104. The van der Waals surface area contributed by atoms with Gasteiger partial charge in [-0.05, 0) is 35.9 Å². The summed E-state index contributed by atoms with van der Waals surface area (Å²) >= 11 is 6.12. The van der Waals surface area contributed by atoms with Gasteiger partial charge in [-0.3, -0.25) is 4.79 Å². The Morgan fingerprint density at radius 3 is 2.71 bits per heavy atom. The minimum Gasteiger partial charge on any atom is -0.493 e. The molecule has 1 aromatic heterocycles. The molecule has 144 valence electrons. The molecule has 0 spiro atoms. The molecule has 0 aliphatic heterocycles. The van der Waals surface area contributed by atoms with Crippen molar-refractivity contribution in [1.82, 2.24) is 15.5 Å². The zero-order valence-electron chi connectivity index (χ0n) is 15.3. The van der Waals surface area contributed by atoms with E-state index in [-0.39, 0.29) is 18.3 Å². The lowest BCUT2D eigenvalue weighted by atomic mass is 10.2. The number of methoxy groups -OCH3 is 2. The van der Waals surface area contributed by atoms with E-state index in [2.05, 4.69) is 15.5 Å². The van der Waals surface area contributed by atoms with Crippen LogP contribution in [0.2, 0.25) is 5.02 Å². The molecule has 1 N–H and O–H groups in total. The average Bonchev–Trinajstić information content (AvgIpc) is 3.19. The Hall–Kier alpha value is -3.32. The van der Waals surface area contributed by atoms with E-state index in [1.165, 1.54) is 6.08 Å². The predicted molar refractivity (Wildman–Crippen MR) is 105 cm³/mol. The van der Waals surface area contributed by atoms with E-state index < -0.39 is 0 Å². The molecule has 1 heterocycles. The van der Waals surface area contributed by atoms with Crippen molar-refractivity contribution in [3.05, 3.63) is 65.0 Å². The van der Waals surface area contributed by atoms with Crippen LogP contribution in [0.25, 0.3) is 17.5 Å². The van der Waals surface area contributed by atoms with Crippen LogP contribution >= 0.6 is 11.6 Å². The highest BCUT2D eigenvalue weighted by Crippen LogP contribution is 2.28. The summed E-state index contributed by atoms with van der Waals surface area (Å²) in [5.74, 6) is 1.56. The number of halogens is 1. The van der Waals surface area contributed by atoms with Crippen molar-refractivity contribution in [2.45, 2.75) is 6.54 Å². The van der Waals surface area contributed by atoms with E-state index >= 15 is 0 Å². The highest BCUT2D eigenvalue weighted by Gasteiger charge is 2.11. The molecule has 0 atom stereocenters. The maximum atomic E-state index is 12.0. The predicted octanol–water partition coefficient (Wildman–Crippen LogP) is 3.74. The van der Waals surface area contributed by atoms with Crippen molar-refractivity contribution in [2.75, 3.05) is 14.2 Å². The second-order valence-electron chi connectivity index (χ2n) is 5.66. The molecule has 3 rings (SSSR count). The van der Waals surface area contributed by atoms with Crippen molar-refractivity contribution in [3.63, 3.8) is 0 Å². The first-order valence-electron chi connectivity index (χ1n) is 8.36. The fraction of sp³-hybridized carbons (Fsp3) is 0.150. The topological polar surface area (TPSA) is 86.5 Å². The Morgan fingerprint density at radius 2 is 1.96 bits per heavy atom. The molecule has 8 heteroatoms. The van der Waals surface area contributed by atoms with Gasteiger partial charge in [0.1, 0.15) is 0 Å². The first-order chi connectivity index (χ1) is 13.6. The molecule has 0 fully saturated rings. The Kier molecular flexibility index (Phi) is 6.29. The van der Waals surface area contributed by atoms with E-state index in [1.54, 1.807) is 44.6 Å². The largest absolute Gasteiger partial charge is 0.493 e. The molecule has 0 aliphatic rings. The summed E-state index contributed by atoms with van der Waals surface area (Å²) in [4.78, 5) is 16.3. The van der Waals surface area contributed by atoms with Gasteiger partial charge < -0.3 is 19.3 Å². The summed E-state index contributed by atoms with van der Waals surface area (Å²) in [7, 11) is 3.12. The van der Waals surface area contributed by atoms with Gasteiger partial charge in [0.25, 0.3) is 0 Å². The average molecular weight is 400 g/mol. The smallest absolute Gasteiger partial charge is 0.246 e. The quantitative estimate of drug-likeness (QED) is 0.609. The van der Waals surface area contributed by atoms with Gasteiger partial charge in [0.05, 0.1) is 25.8 Å². The van der Waals surface area contributed by atoms with Gasteiger partial charge in [-0.15, -0.1) is 0 Å². The Balaban J connectivity index is 1.59. The molecular formula is C20H18ClN3O4. The highest BCUT2D eigenvalue weighted by molar-refractivity contribution is 6.33. The number of amides is 1. The van der Waals surface area contributed by atoms with Gasteiger partial charge in [0.2, 0.25) is 17.6 Å². The number of nitrogens with zero attached hydrogens (tertiary/aromatic N) is 2. The number of hydrogen-bond donors (Lipinski definition) is 1. The number of benzene rings is 2. The molecule has 3 aromatic rings. The molecule has 0 saturated carbocycles. The zero-order chi connectivity index (χ0) is 19.9. The van der Waals surface area contributed by atoms with Gasteiger partial charge in [-0.2, -0.15) is 4.98 Å². The second-order valence-corrected chi connectivity index (χ2v) is 6.06. The molecule has 0 radical (unpaired) electrons. The van der Waals surface area contributed by atoms with Crippen LogP contribution < -0.4 is 14.8 Å². The van der Waals surface area contributed by atoms with Crippen LogP contribution in [0, 0.1) is 0 Å². The summed E-state index contributed by atoms with van der Waals surface area (Å²) in [5.41, 5.74) is 1.46. The number of hydrogen-bond acceptors (Lipinski definition) is 6. The maximum Gasteiger partial charge on any atom is 0.246 e. The third kappa shape index (κ3) is 4.69. The van der Waals surface area contributed by atoms with Crippen LogP contribution in [0.1, 0.15) is 11.5 Å². The normalized spacial score (nSPS) is 10.8. The van der Waals surface area contributed by atoms with Crippen molar-refractivity contribution in [3.8, 4) is 22.9 Å². The molecule has 1 amide bonds. The molecule has 7 nitrogen and oxygen atoms in total. The standard InChI is InChI=1S/C20H18ClN3O4/c1-26-16-9-7-13(11-17(16)27-2)8-10-18(25)22-12-19-23-20(24-28-19)14-5-3-4-6-15(14)21/h3-11H,12H2,1-2H3,(H,22,25)/b10-8+. The van der Waals surface area contributed by atoms with Crippen molar-refractivity contribution >= 4 is 23.6 Å². The number of aromatic nitrogens is 2. The first kappa shape index (κ1) is 19.4. The van der Waals surface area contributed by atoms with Gasteiger partial charge >= 0.3 is 0 Å².